The standard InChI is InChI=1S/C13H16O/c1-4-11(2)9-10-14-13-7-5-12(3)6-8-13/h5-8,11H,4H2,1-3H3. The molecule has 0 heterocycles. The van der Waals surface area contributed by atoms with Gasteiger partial charge in [-0.05, 0) is 25.5 Å². The molecule has 0 bridgehead atoms. The summed E-state index contributed by atoms with van der Waals surface area (Å²) in [6.07, 6.45) is 3.78. The predicted octanol–water partition coefficient (Wildman–Crippen LogP) is 3.38. The van der Waals surface area contributed by atoms with Crippen molar-refractivity contribution in [3.05, 3.63) is 29.8 Å². The van der Waals surface area contributed by atoms with Crippen LogP contribution in [0.5, 0.6) is 5.75 Å². The number of aryl methyl sites for hydroxylation is 1. The smallest absolute Gasteiger partial charge is 0.140 e. The van der Waals surface area contributed by atoms with E-state index in [1.165, 1.54) is 5.56 Å². The van der Waals surface area contributed by atoms with Gasteiger partial charge < -0.3 is 4.74 Å². The maximum atomic E-state index is 5.27. The molecule has 0 aliphatic carbocycles. The van der Waals surface area contributed by atoms with Gasteiger partial charge in [0.15, 0.2) is 0 Å². The zero-order chi connectivity index (χ0) is 10.4. The third-order valence-corrected chi connectivity index (χ3v) is 2.11. The molecular weight excluding hydrogens is 172 g/mol. The van der Waals surface area contributed by atoms with Crippen LogP contribution < -0.4 is 4.74 Å². The van der Waals surface area contributed by atoms with E-state index in [1.807, 2.05) is 24.3 Å². The molecule has 0 aromatic heterocycles. The Hall–Kier alpha value is -1.42. The normalized spacial score (nSPS) is 11.4. The molecule has 1 rings (SSSR count). The molecule has 0 saturated carbocycles. The summed E-state index contributed by atoms with van der Waals surface area (Å²) in [5, 5.41) is 0. The highest BCUT2D eigenvalue weighted by Crippen LogP contribution is 2.10. The van der Waals surface area contributed by atoms with Gasteiger partial charge in [-0.1, -0.05) is 37.5 Å². The van der Waals surface area contributed by atoms with Crippen molar-refractivity contribution < 1.29 is 4.74 Å². The number of hydrogen-bond donors (Lipinski definition) is 0. The van der Waals surface area contributed by atoms with E-state index in [2.05, 4.69) is 32.8 Å². The Bertz CT molecular complexity index is 326. The van der Waals surface area contributed by atoms with Crippen molar-refractivity contribution in [3.8, 4) is 17.8 Å². The number of hydrogen-bond acceptors (Lipinski definition) is 1. The first-order chi connectivity index (χ1) is 6.72. The Labute approximate surface area is 86.1 Å². The van der Waals surface area contributed by atoms with E-state index in [0.29, 0.717) is 5.92 Å². The van der Waals surface area contributed by atoms with Crippen LogP contribution >= 0.6 is 0 Å². The number of ether oxygens (including phenoxy) is 1. The Kier molecular flexibility index (Phi) is 4.07. The maximum absolute atomic E-state index is 5.27. The predicted molar refractivity (Wildman–Crippen MR) is 59.0 cm³/mol. The van der Waals surface area contributed by atoms with Gasteiger partial charge in [0.25, 0.3) is 0 Å². The molecule has 1 unspecified atom stereocenters. The largest absolute Gasteiger partial charge is 0.408 e. The van der Waals surface area contributed by atoms with E-state index in [1.54, 1.807) is 0 Å². The van der Waals surface area contributed by atoms with Crippen LogP contribution in [-0.4, -0.2) is 0 Å². The molecule has 74 valence electrons. The average molecular weight is 188 g/mol. The van der Waals surface area contributed by atoms with Crippen molar-refractivity contribution >= 4 is 0 Å². The van der Waals surface area contributed by atoms with Crippen LogP contribution in [-0.2, 0) is 0 Å². The van der Waals surface area contributed by atoms with Gasteiger partial charge in [-0.2, -0.15) is 0 Å². The van der Waals surface area contributed by atoms with Gasteiger partial charge >= 0.3 is 0 Å². The minimum atomic E-state index is 0.403. The first-order valence-corrected chi connectivity index (χ1v) is 4.96. The zero-order valence-electron chi connectivity index (χ0n) is 9.00. The molecule has 1 nitrogen and oxygen atoms in total. The van der Waals surface area contributed by atoms with E-state index in [9.17, 15) is 0 Å². The minimum absolute atomic E-state index is 0.403. The molecule has 0 fully saturated rings. The highest BCUT2D eigenvalue weighted by molar-refractivity contribution is 5.27. The van der Waals surface area contributed by atoms with Gasteiger partial charge in [-0.25, -0.2) is 0 Å². The van der Waals surface area contributed by atoms with Gasteiger partial charge in [0.05, 0.1) is 0 Å². The Morgan fingerprint density at radius 2 is 1.93 bits per heavy atom. The van der Waals surface area contributed by atoms with Crippen LogP contribution in [0.2, 0.25) is 0 Å². The molecule has 1 aromatic rings. The summed E-state index contributed by atoms with van der Waals surface area (Å²) in [6, 6.07) is 7.89. The Morgan fingerprint density at radius 3 is 2.50 bits per heavy atom. The van der Waals surface area contributed by atoms with Gasteiger partial charge in [-0.15, -0.1) is 0 Å². The maximum Gasteiger partial charge on any atom is 0.140 e. The van der Waals surface area contributed by atoms with Gasteiger partial charge in [0.2, 0.25) is 0 Å². The number of rotatable bonds is 2. The van der Waals surface area contributed by atoms with Crippen molar-refractivity contribution in [1.82, 2.24) is 0 Å². The quantitative estimate of drug-likeness (QED) is 0.646. The second-order valence-corrected chi connectivity index (χ2v) is 3.47. The molecule has 1 heteroatoms. The fourth-order valence-corrected chi connectivity index (χ4v) is 0.897. The SMILES string of the molecule is CCC(C)C#COc1ccc(C)cc1. The number of benzene rings is 1. The summed E-state index contributed by atoms with van der Waals surface area (Å²) in [5.74, 6) is 4.24. The molecule has 0 spiro atoms. The van der Waals surface area contributed by atoms with Crippen molar-refractivity contribution in [2.24, 2.45) is 5.92 Å². The van der Waals surface area contributed by atoms with Crippen molar-refractivity contribution in [2.75, 3.05) is 0 Å². The summed E-state index contributed by atoms with van der Waals surface area (Å²) >= 11 is 0. The molecule has 0 N–H and O–H groups in total. The molecule has 1 aromatic carbocycles. The average Bonchev–Trinajstić information content (AvgIpc) is 2.21. The van der Waals surface area contributed by atoms with Gasteiger partial charge in [0, 0.05) is 5.92 Å². The van der Waals surface area contributed by atoms with E-state index in [-0.39, 0.29) is 0 Å². The van der Waals surface area contributed by atoms with Gasteiger partial charge in [0.1, 0.15) is 11.9 Å². The lowest BCUT2D eigenvalue weighted by Crippen LogP contribution is -1.88. The molecule has 14 heavy (non-hydrogen) atoms. The first-order valence-electron chi connectivity index (χ1n) is 4.96. The van der Waals surface area contributed by atoms with Crippen LogP contribution in [0.1, 0.15) is 25.8 Å². The summed E-state index contributed by atoms with van der Waals surface area (Å²) in [7, 11) is 0. The third-order valence-electron chi connectivity index (χ3n) is 2.11. The highest BCUT2D eigenvalue weighted by Gasteiger charge is 1.91. The summed E-state index contributed by atoms with van der Waals surface area (Å²) in [6.45, 7) is 6.26. The molecule has 0 aliphatic heterocycles. The monoisotopic (exact) mass is 188 g/mol. The topological polar surface area (TPSA) is 9.23 Å². The van der Waals surface area contributed by atoms with Gasteiger partial charge in [-0.3, -0.25) is 0 Å². The highest BCUT2D eigenvalue weighted by atomic mass is 16.5. The van der Waals surface area contributed by atoms with E-state index >= 15 is 0 Å². The van der Waals surface area contributed by atoms with Crippen molar-refractivity contribution in [2.45, 2.75) is 27.2 Å². The zero-order valence-corrected chi connectivity index (χ0v) is 9.00. The Balaban J connectivity index is 2.52. The molecular formula is C13H16O. The van der Waals surface area contributed by atoms with Crippen LogP contribution in [0.15, 0.2) is 24.3 Å². The minimum Gasteiger partial charge on any atom is -0.408 e. The summed E-state index contributed by atoms with van der Waals surface area (Å²) < 4.78 is 5.27. The van der Waals surface area contributed by atoms with Crippen LogP contribution in [0.4, 0.5) is 0 Å². The molecule has 0 amide bonds. The molecule has 0 aliphatic rings. The fraction of sp³-hybridized carbons (Fsp3) is 0.385. The van der Waals surface area contributed by atoms with Crippen LogP contribution in [0, 0.1) is 24.9 Å². The Morgan fingerprint density at radius 1 is 1.29 bits per heavy atom. The lowest BCUT2D eigenvalue weighted by Gasteiger charge is -1.98. The molecule has 1 atom stereocenters. The van der Waals surface area contributed by atoms with Crippen molar-refractivity contribution in [3.63, 3.8) is 0 Å². The fourth-order valence-electron chi connectivity index (χ4n) is 0.897. The lowest BCUT2D eigenvalue weighted by atomic mass is 10.1. The van der Waals surface area contributed by atoms with Crippen LogP contribution in [0.3, 0.4) is 0 Å². The third kappa shape index (κ3) is 3.53. The second kappa shape index (κ2) is 5.34. The lowest BCUT2D eigenvalue weighted by molar-refractivity contribution is 0.515. The van der Waals surface area contributed by atoms with E-state index in [0.717, 1.165) is 12.2 Å². The van der Waals surface area contributed by atoms with Crippen LogP contribution in [0.25, 0.3) is 0 Å². The first kappa shape index (κ1) is 10.7. The van der Waals surface area contributed by atoms with Crippen molar-refractivity contribution in [1.29, 1.82) is 0 Å². The summed E-state index contributed by atoms with van der Waals surface area (Å²) in [5.41, 5.74) is 1.23. The van der Waals surface area contributed by atoms with E-state index in [4.69, 9.17) is 4.74 Å². The second-order valence-electron chi connectivity index (χ2n) is 3.47. The molecule has 0 radical (unpaired) electrons. The van der Waals surface area contributed by atoms with E-state index < -0.39 is 0 Å². The summed E-state index contributed by atoms with van der Waals surface area (Å²) in [4.78, 5) is 0. The molecule has 0 saturated heterocycles.